The van der Waals surface area contributed by atoms with Crippen LogP contribution in [0, 0.1) is 0 Å². The third-order valence-electron chi connectivity index (χ3n) is 5.71. The fourth-order valence-electron chi connectivity index (χ4n) is 4.03. The average Bonchev–Trinajstić information content (AvgIpc) is 2.76. The number of halogens is 7. The third kappa shape index (κ3) is 7.53. The normalized spacial score (nSPS) is 18.9. The zero-order valence-electron chi connectivity index (χ0n) is 20.1. The topological polar surface area (TPSA) is 58.6 Å². The molecule has 1 aliphatic rings. The summed E-state index contributed by atoms with van der Waals surface area (Å²) in [4.78, 5) is 27.0. The van der Waals surface area contributed by atoms with Crippen LogP contribution in [0.4, 0.5) is 31.1 Å². The van der Waals surface area contributed by atoms with Crippen molar-refractivity contribution in [2.75, 3.05) is 13.1 Å². The van der Waals surface area contributed by atoms with Crippen molar-refractivity contribution in [2.24, 2.45) is 0 Å². The van der Waals surface area contributed by atoms with Crippen molar-refractivity contribution in [3.63, 3.8) is 0 Å². The average molecular weight is 551 g/mol. The molecule has 1 N–H and O–H groups in total. The Balaban J connectivity index is 1.92. The molecule has 37 heavy (non-hydrogen) atoms. The Morgan fingerprint density at radius 1 is 0.973 bits per heavy atom. The molecule has 1 heterocycles. The van der Waals surface area contributed by atoms with Gasteiger partial charge in [0.2, 0.25) is 0 Å². The monoisotopic (exact) mass is 550 g/mol. The SMILES string of the molecule is CC(C)(C)OC(=O)N1CCC(NC(=O)c2cc(C(F)(F)F)cc(C(F)(F)F)c2)[C@H](c2cccc(Cl)c2)C1. The van der Waals surface area contributed by atoms with Crippen molar-refractivity contribution in [3.8, 4) is 0 Å². The van der Waals surface area contributed by atoms with Gasteiger partial charge in [-0.15, -0.1) is 0 Å². The van der Waals surface area contributed by atoms with Crippen LogP contribution in [-0.4, -0.2) is 41.6 Å². The summed E-state index contributed by atoms with van der Waals surface area (Å²) in [5, 5.41) is 2.95. The van der Waals surface area contributed by atoms with Gasteiger partial charge in [0.15, 0.2) is 0 Å². The highest BCUT2D eigenvalue weighted by Gasteiger charge is 2.39. The lowest BCUT2D eigenvalue weighted by Crippen LogP contribution is -2.52. The van der Waals surface area contributed by atoms with Crippen molar-refractivity contribution in [3.05, 3.63) is 69.7 Å². The van der Waals surface area contributed by atoms with Gasteiger partial charge in [-0.05, 0) is 63.1 Å². The highest BCUT2D eigenvalue weighted by molar-refractivity contribution is 6.30. The molecule has 2 atom stereocenters. The van der Waals surface area contributed by atoms with Crippen LogP contribution in [0.2, 0.25) is 5.02 Å². The number of alkyl halides is 6. The Bertz CT molecular complexity index is 1130. The lowest BCUT2D eigenvalue weighted by Gasteiger charge is -2.39. The molecule has 0 saturated carbocycles. The number of carbonyl (C=O) groups excluding carboxylic acids is 2. The first kappa shape index (κ1) is 28.6. The molecule has 12 heteroatoms. The molecule has 2 amide bonds. The number of hydrogen-bond acceptors (Lipinski definition) is 3. The Labute approximate surface area is 214 Å². The van der Waals surface area contributed by atoms with Crippen LogP contribution in [0.15, 0.2) is 42.5 Å². The first-order valence-electron chi connectivity index (χ1n) is 11.3. The predicted octanol–water partition coefficient (Wildman–Crippen LogP) is 6.90. The van der Waals surface area contributed by atoms with E-state index < -0.39 is 58.6 Å². The number of piperidine rings is 1. The third-order valence-corrected chi connectivity index (χ3v) is 5.94. The van der Waals surface area contributed by atoms with Crippen LogP contribution >= 0.6 is 11.6 Å². The second-order valence-electron chi connectivity index (χ2n) is 9.75. The van der Waals surface area contributed by atoms with Gasteiger partial charge in [-0.2, -0.15) is 26.3 Å². The number of amides is 2. The predicted molar refractivity (Wildman–Crippen MR) is 124 cm³/mol. The lowest BCUT2D eigenvalue weighted by molar-refractivity contribution is -0.143. The number of nitrogens with one attached hydrogen (secondary N) is 1. The maximum Gasteiger partial charge on any atom is 0.416 e. The molecule has 2 aromatic rings. The van der Waals surface area contributed by atoms with Crippen LogP contribution in [0.1, 0.15) is 60.2 Å². The maximum absolute atomic E-state index is 13.3. The van der Waals surface area contributed by atoms with Gasteiger partial charge >= 0.3 is 18.4 Å². The van der Waals surface area contributed by atoms with E-state index in [2.05, 4.69) is 5.32 Å². The fourth-order valence-corrected chi connectivity index (χ4v) is 4.23. The number of hydrogen-bond donors (Lipinski definition) is 1. The summed E-state index contributed by atoms with van der Waals surface area (Å²) in [5.41, 5.74) is -4.07. The smallest absolute Gasteiger partial charge is 0.416 e. The molecule has 0 bridgehead atoms. The fraction of sp³-hybridized carbons (Fsp3) is 0.440. The van der Waals surface area contributed by atoms with E-state index in [1.165, 1.54) is 4.90 Å². The quantitative estimate of drug-likeness (QED) is 0.423. The largest absolute Gasteiger partial charge is 0.444 e. The highest BCUT2D eigenvalue weighted by atomic mass is 35.5. The minimum absolute atomic E-state index is 0.0368. The second-order valence-corrected chi connectivity index (χ2v) is 10.2. The summed E-state index contributed by atoms with van der Waals surface area (Å²) < 4.78 is 84.9. The Morgan fingerprint density at radius 2 is 1.57 bits per heavy atom. The molecule has 202 valence electrons. The molecule has 1 fully saturated rings. The van der Waals surface area contributed by atoms with Crippen LogP contribution < -0.4 is 5.32 Å². The molecule has 2 aromatic carbocycles. The van der Waals surface area contributed by atoms with E-state index >= 15 is 0 Å². The van der Waals surface area contributed by atoms with Gasteiger partial charge < -0.3 is 15.0 Å². The van der Waals surface area contributed by atoms with E-state index in [1.807, 2.05) is 0 Å². The van der Waals surface area contributed by atoms with Crippen LogP contribution in [-0.2, 0) is 17.1 Å². The molecule has 1 aliphatic heterocycles. The lowest BCUT2D eigenvalue weighted by atomic mass is 9.85. The number of rotatable bonds is 3. The summed E-state index contributed by atoms with van der Waals surface area (Å²) in [6.45, 7) is 5.34. The number of ether oxygens (including phenoxy) is 1. The first-order valence-corrected chi connectivity index (χ1v) is 11.7. The van der Waals surface area contributed by atoms with Crippen molar-refractivity contribution in [2.45, 2.75) is 57.1 Å². The van der Waals surface area contributed by atoms with Crippen molar-refractivity contribution < 1.29 is 40.7 Å². The molecular weight excluding hydrogens is 526 g/mol. The maximum atomic E-state index is 13.3. The Morgan fingerprint density at radius 3 is 2.08 bits per heavy atom. The molecule has 0 aromatic heterocycles. The van der Waals surface area contributed by atoms with Crippen LogP contribution in [0.5, 0.6) is 0 Å². The standard InChI is InChI=1S/C25H25ClF6N2O3/c1-23(2,3)37-22(36)34-8-7-20(19(13-34)14-5-4-6-18(26)11-14)33-21(35)15-9-16(24(27,28)29)12-17(10-15)25(30,31)32/h4-6,9-12,19-20H,7-8,13H2,1-3H3,(H,33,35)/t19-,20?/m0/s1. The van der Waals surface area contributed by atoms with Gasteiger partial charge in [0, 0.05) is 35.6 Å². The number of carbonyl (C=O) groups is 2. The number of likely N-dealkylation sites (tertiary alicyclic amines) is 1. The summed E-state index contributed by atoms with van der Waals surface area (Å²) in [7, 11) is 0. The van der Waals surface area contributed by atoms with Gasteiger partial charge in [-0.3, -0.25) is 4.79 Å². The highest BCUT2D eigenvalue weighted by Crippen LogP contribution is 2.37. The zero-order chi connectivity index (χ0) is 27.8. The van der Waals surface area contributed by atoms with Crippen LogP contribution in [0.25, 0.3) is 0 Å². The summed E-state index contributed by atoms with van der Waals surface area (Å²) >= 11 is 6.11. The van der Waals surface area contributed by atoms with Gasteiger partial charge in [-0.1, -0.05) is 23.7 Å². The summed E-state index contributed by atoms with van der Waals surface area (Å²) in [6.07, 6.45) is -10.6. The zero-order valence-corrected chi connectivity index (χ0v) is 20.9. The van der Waals surface area contributed by atoms with E-state index in [4.69, 9.17) is 16.3 Å². The molecule has 0 spiro atoms. The summed E-state index contributed by atoms with van der Waals surface area (Å²) in [6, 6.07) is 6.62. The Hall–Kier alpha value is -2.95. The van der Waals surface area contributed by atoms with Gasteiger partial charge in [0.1, 0.15) is 5.60 Å². The molecule has 1 saturated heterocycles. The number of nitrogens with zero attached hydrogens (tertiary/aromatic N) is 1. The van der Waals surface area contributed by atoms with E-state index in [0.29, 0.717) is 22.7 Å². The van der Waals surface area contributed by atoms with E-state index in [0.717, 1.165) is 0 Å². The van der Waals surface area contributed by atoms with E-state index in [9.17, 15) is 35.9 Å². The molecule has 0 radical (unpaired) electrons. The van der Waals surface area contributed by atoms with Crippen LogP contribution in [0.3, 0.4) is 0 Å². The molecule has 1 unspecified atom stereocenters. The second kappa shape index (κ2) is 10.4. The molecular formula is C25H25ClF6N2O3. The minimum atomic E-state index is -5.08. The molecule has 0 aliphatic carbocycles. The van der Waals surface area contributed by atoms with Crippen molar-refractivity contribution in [1.29, 1.82) is 0 Å². The van der Waals surface area contributed by atoms with E-state index in [-0.39, 0.29) is 25.6 Å². The van der Waals surface area contributed by atoms with E-state index in [1.54, 1.807) is 45.0 Å². The molecule has 5 nitrogen and oxygen atoms in total. The van der Waals surface area contributed by atoms with Gasteiger partial charge in [-0.25, -0.2) is 4.79 Å². The molecule has 3 rings (SSSR count). The van der Waals surface area contributed by atoms with Gasteiger partial charge in [0.05, 0.1) is 11.1 Å². The minimum Gasteiger partial charge on any atom is -0.444 e. The van der Waals surface area contributed by atoms with Gasteiger partial charge in [0.25, 0.3) is 5.91 Å². The number of benzene rings is 2. The summed E-state index contributed by atoms with van der Waals surface area (Å²) in [5.74, 6) is -1.66. The van der Waals surface area contributed by atoms with Crippen molar-refractivity contribution in [1.82, 2.24) is 10.2 Å². The van der Waals surface area contributed by atoms with Crippen molar-refractivity contribution >= 4 is 23.6 Å². The first-order chi connectivity index (χ1) is 16.9. The Kier molecular flexibility index (Phi) is 8.07.